The van der Waals surface area contributed by atoms with Crippen LogP contribution in [0.4, 0.5) is 0 Å². The maximum absolute atomic E-state index is 6.71. The third kappa shape index (κ3) is 2.15. The Morgan fingerprint density at radius 1 is 1.05 bits per heavy atom. The molecule has 1 aromatic heterocycles. The zero-order valence-electron chi connectivity index (χ0n) is 11.3. The summed E-state index contributed by atoms with van der Waals surface area (Å²) in [7, 11) is 0. The summed E-state index contributed by atoms with van der Waals surface area (Å²) in [6.45, 7) is 0.842. The van der Waals surface area contributed by atoms with Gasteiger partial charge in [0.05, 0.1) is 12.0 Å². The van der Waals surface area contributed by atoms with Crippen molar-refractivity contribution in [1.29, 1.82) is 0 Å². The van der Waals surface area contributed by atoms with Crippen LogP contribution in [0.1, 0.15) is 44.7 Å². The molecule has 0 N–H and O–H groups in total. The second kappa shape index (κ2) is 5.09. The van der Waals surface area contributed by atoms with Gasteiger partial charge in [0.25, 0.3) is 0 Å². The van der Waals surface area contributed by atoms with Gasteiger partial charge < -0.3 is 4.74 Å². The average Bonchev–Trinajstić information content (AvgIpc) is 3.07. The van der Waals surface area contributed by atoms with Gasteiger partial charge in [0.2, 0.25) is 0 Å². The van der Waals surface area contributed by atoms with E-state index in [0.717, 1.165) is 25.2 Å². The predicted octanol–water partition coefficient (Wildman–Crippen LogP) is 4.89. The van der Waals surface area contributed by atoms with Crippen molar-refractivity contribution in [3.05, 3.63) is 50.7 Å². The van der Waals surface area contributed by atoms with Crippen LogP contribution in [0, 0.1) is 0 Å². The molecule has 1 aliphatic heterocycles. The molecule has 0 fully saturated rings. The zero-order chi connectivity index (χ0) is 13.5. The number of thiophene rings is 1. The van der Waals surface area contributed by atoms with Crippen LogP contribution in [-0.4, -0.2) is 6.61 Å². The van der Waals surface area contributed by atoms with E-state index in [1.165, 1.54) is 40.8 Å². The van der Waals surface area contributed by atoms with E-state index in [4.69, 9.17) is 16.3 Å². The molecular formula is C17H17ClOS. The van der Waals surface area contributed by atoms with Gasteiger partial charge in [0.1, 0.15) is 5.75 Å². The van der Waals surface area contributed by atoms with Crippen LogP contribution in [0.5, 0.6) is 5.75 Å². The van der Waals surface area contributed by atoms with Crippen molar-refractivity contribution in [3.63, 3.8) is 0 Å². The topological polar surface area (TPSA) is 9.23 Å². The smallest absolute Gasteiger partial charge is 0.122 e. The van der Waals surface area contributed by atoms with Crippen molar-refractivity contribution in [2.24, 2.45) is 0 Å². The SMILES string of the molecule is ClC(c1ccc2c(c1)CCCO2)c1cc2c(s1)CCC2. The summed E-state index contributed by atoms with van der Waals surface area (Å²) in [6.07, 6.45) is 5.99. The Kier molecular flexibility index (Phi) is 3.24. The van der Waals surface area contributed by atoms with E-state index in [1.54, 1.807) is 4.88 Å². The normalized spacial score (nSPS) is 18.2. The lowest BCUT2D eigenvalue weighted by molar-refractivity contribution is 0.288. The highest BCUT2D eigenvalue weighted by Gasteiger charge is 2.21. The van der Waals surface area contributed by atoms with Gasteiger partial charge in [-0.2, -0.15) is 0 Å². The summed E-state index contributed by atoms with van der Waals surface area (Å²) < 4.78 is 5.67. The molecule has 104 valence electrons. The minimum atomic E-state index is -0.0159. The van der Waals surface area contributed by atoms with Crippen molar-refractivity contribution in [2.75, 3.05) is 6.61 Å². The molecule has 2 aliphatic rings. The van der Waals surface area contributed by atoms with E-state index in [-0.39, 0.29) is 5.38 Å². The largest absolute Gasteiger partial charge is 0.493 e. The highest BCUT2D eigenvalue weighted by Crippen LogP contribution is 2.40. The monoisotopic (exact) mass is 304 g/mol. The van der Waals surface area contributed by atoms with Crippen molar-refractivity contribution < 1.29 is 4.74 Å². The Bertz CT molecular complexity index is 625. The molecule has 2 heterocycles. The van der Waals surface area contributed by atoms with Crippen LogP contribution in [0.3, 0.4) is 0 Å². The second-order valence-electron chi connectivity index (χ2n) is 5.63. The highest BCUT2D eigenvalue weighted by molar-refractivity contribution is 7.12. The highest BCUT2D eigenvalue weighted by atomic mass is 35.5. The van der Waals surface area contributed by atoms with Crippen molar-refractivity contribution in [1.82, 2.24) is 0 Å². The minimum absolute atomic E-state index is 0.0159. The van der Waals surface area contributed by atoms with E-state index in [1.807, 2.05) is 11.3 Å². The zero-order valence-corrected chi connectivity index (χ0v) is 12.9. The standard InChI is InChI=1S/C17H17ClOS/c18-17(16-10-12-3-1-5-15(12)20-16)13-6-7-14-11(9-13)4-2-8-19-14/h6-7,9-10,17H,1-5,8H2. The molecule has 0 amide bonds. The van der Waals surface area contributed by atoms with Gasteiger partial charge in [-0.1, -0.05) is 12.1 Å². The van der Waals surface area contributed by atoms with E-state index >= 15 is 0 Å². The summed E-state index contributed by atoms with van der Waals surface area (Å²) in [4.78, 5) is 2.85. The van der Waals surface area contributed by atoms with Crippen molar-refractivity contribution >= 4 is 22.9 Å². The minimum Gasteiger partial charge on any atom is -0.493 e. The van der Waals surface area contributed by atoms with Crippen LogP contribution in [0.2, 0.25) is 0 Å². The summed E-state index contributed by atoms with van der Waals surface area (Å²) >= 11 is 8.61. The average molecular weight is 305 g/mol. The van der Waals surface area contributed by atoms with E-state index in [2.05, 4.69) is 24.3 Å². The van der Waals surface area contributed by atoms with E-state index < -0.39 is 0 Å². The molecule has 1 unspecified atom stereocenters. The molecule has 0 saturated heterocycles. The molecule has 2 aromatic rings. The van der Waals surface area contributed by atoms with Gasteiger partial charge in [0.15, 0.2) is 0 Å². The summed E-state index contributed by atoms with van der Waals surface area (Å²) in [5, 5.41) is -0.0159. The first-order valence-corrected chi connectivity index (χ1v) is 8.58. The molecular weight excluding hydrogens is 288 g/mol. The first-order chi connectivity index (χ1) is 9.81. The Morgan fingerprint density at radius 2 is 1.95 bits per heavy atom. The maximum atomic E-state index is 6.71. The van der Waals surface area contributed by atoms with Crippen LogP contribution in [-0.2, 0) is 19.3 Å². The number of rotatable bonds is 2. The molecule has 3 heteroatoms. The fourth-order valence-corrected chi connectivity index (χ4v) is 4.78. The summed E-state index contributed by atoms with van der Waals surface area (Å²) in [5.41, 5.74) is 4.04. The van der Waals surface area contributed by atoms with Gasteiger partial charge in [-0.25, -0.2) is 0 Å². The predicted molar refractivity (Wildman–Crippen MR) is 84.3 cm³/mol. The molecule has 0 bridgehead atoms. The number of hydrogen-bond acceptors (Lipinski definition) is 2. The third-order valence-electron chi connectivity index (χ3n) is 4.24. The molecule has 1 aromatic carbocycles. The Morgan fingerprint density at radius 3 is 2.85 bits per heavy atom. The number of ether oxygens (including phenoxy) is 1. The van der Waals surface area contributed by atoms with Crippen molar-refractivity contribution in [3.8, 4) is 5.75 Å². The molecule has 20 heavy (non-hydrogen) atoms. The van der Waals surface area contributed by atoms with E-state index in [9.17, 15) is 0 Å². The number of halogens is 1. The number of aryl methyl sites for hydroxylation is 3. The lowest BCUT2D eigenvalue weighted by atomic mass is 10.0. The second-order valence-corrected chi connectivity index (χ2v) is 7.24. The Labute approximate surface area is 128 Å². The summed E-state index contributed by atoms with van der Waals surface area (Å²) in [5.74, 6) is 1.04. The lowest BCUT2D eigenvalue weighted by Gasteiger charge is -2.19. The molecule has 1 nitrogen and oxygen atoms in total. The summed E-state index contributed by atoms with van der Waals surface area (Å²) in [6, 6.07) is 8.75. The van der Waals surface area contributed by atoms with Gasteiger partial charge >= 0.3 is 0 Å². The van der Waals surface area contributed by atoms with Crippen LogP contribution in [0.15, 0.2) is 24.3 Å². The van der Waals surface area contributed by atoms with Crippen molar-refractivity contribution in [2.45, 2.75) is 37.5 Å². The van der Waals surface area contributed by atoms with Gasteiger partial charge in [0, 0.05) is 9.75 Å². The fourth-order valence-electron chi connectivity index (χ4n) is 3.18. The van der Waals surface area contributed by atoms with Gasteiger partial charge in [-0.05, 0) is 60.9 Å². The van der Waals surface area contributed by atoms with Gasteiger partial charge in [-0.3, -0.25) is 0 Å². The molecule has 1 atom stereocenters. The van der Waals surface area contributed by atoms with Gasteiger partial charge in [-0.15, -0.1) is 22.9 Å². The van der Waals surface area contributed by atoms with Crippen LogP contribution in [0.25, 0.3) is 0 Å². The molecule has 4 rings (SSSR count). The first-order valence-electron chi connectivity index (χ1n) is 7.32. The Hall–Kier alpha value is -0.990. The lowest BCUT2D eigenvalue weighted by Crippen LogP contribution is -2.08. The molecule has 1 aliphatic carbocycles. The van der Waals surface area contributed by atoms with E-state index in [0.29, 0.717) is 0 Å². The third-order valence-corrected chi connectivity index (χ3v) is 6.16. The fraction of sp³-hybridized carbons (Fsp3) is 0.412. The molecule has 0 radical (unpaired) electrons. The molecule has 0 saturated carbocycles. The quantitative estimate of drug-likeness (QED) is 0.718. The number of hydrogen-bond donors (Lipinski definition) is 0. The Balaban J connectivity index is 1.65. The number of alkyl halides is 1. The van der Waals surface area contributed by atoms with Crippen LogP contribution < -0.4 is 4.74 Å². The number of benzene rings is 1. The first kappa shape index (κ1) is 12.7. The molecule has 0 spiro atoms. The van der Waals surface area contributed by atoms with Crippen LogP contribution >= 0.6 is 22.9 Å². The maximum Gasteiger partial charge on any atom is 0.122 e. The number of fused-ring (bicyclic) bond motifs is 2.